The minimum atomic E-state index is -0.132. The maximum atomic E-state index is 11.8. The fourth-order valence-electron chi connectivity index (χ4n) is 1.20. The molecule has 2 rings (SSSR count). The van der Waals surface area contributed by atoms with E-state index in [1.165, 1.54) is 11.3 Å². The van der Waals surface area contributed by atoms with Gasteiger partial charge in [0.25, 0.3) is 5.91 Å². The lowest BCUT2D eigenvalue weighted by Crippen LogP contribution is -2.11. The molecule has 0 aliphatic carbocycles. The predicted molar refractivity (Wildman–Crippen MR) is 68.9 cm³/mol. The van der Waals surface area contributed by atoms with Crippen LogP contribution in [0, 0.1) is 6.92 Å². The molecule has 3 nitrogen and oxygen atoms in total. The number of pyridine rings is 1. The van der Waals surface area contributed by atoms with Gasteiger partial charge in [0.15, 0.2) is 0 Å². The third kappa shape index (κ3) is 2.48. The van der Waals surface area contributed by atoms with E-state index in [1.54, 1.807) is 12.3 Å². The van der Waals surface area contributed by atoms with Crippen molar-refractivity contribution in [1.29, 1.82) is 0 Å². The van der Waals surface area contributed by atoms with Crippen molar-refractivity contribution in [2.45, 2.75) is 6.92 Å². The van der Waals surface area contributed by atoms with E-state index < -0.39 is 0 Å². The van der Waals surface area contributed by atoms with Gasteiger partial charge in [-0.25, -0.2) is 4.98 Å². The number of thiophene rings is 1. The lowest BCUT2D eigenvalue weighted by molar-refractivity contribution is 0.103. The minimum Gasteiger partial charge on any atom is -0.305 e. The predicted octanol–water partition coefficient (Wildman–Crippen LogP) is 3.47. The number of amides is 1. The standard InChI is InChI=1S/C11H9BrN2OS/c1-7-5-8(12)10(13-6-7)14-11(15)9-3-2-4-16-9/h2-6H,1H3,(H,13,14,15). The number of halogens is 1. The van der Waals surface area contributed by atoms with Crippen LogP contribution in [0.25, 0.3) is 0 Å². The molecule has 0 aromatic carbocycles. The van der Waals surface area contributed by atoms with E-state index in [0.717, 1.165) is 10.0 Å². The van der Waals surface area contributed by atoms with E-state index in [-0.39, 0.29) is 5.91 Å². The molecule has 2 aromatic heterocycles. The summed E-state index contributed by atoms with van der Waals surface area (Å²) in [6.45, 7) is 1.95. The third-order valence-electron chi connectivity index (χ3n) is 1.95. The Morgan fingerprint density at radius 1 is 1.56 bits per heavy atom. The molecule has 2 aromatic rings. The molecule has 0 fully saturated rings. The number of carbonyl (C=O) groups is 1. The molecule has 0 aliphatic rings. The summed E-state index contributed by atoms with van der Waals surface area (Å²) < 4.78 is 0.789. The van der Waals surface area contributed by atoms with Gasteiger partial charge in [-0.3, -0.25) is 4.79 Å². The number of hydrogen-bond donors (Lipinski definition) is 1. The summed E-state index contributed by atoms with van der Waals surface area (Å²) in [5.74, 6) is 0.413. The Kier molecular flexibility index (Phi) is 3.36. The van der Waals surface area contributed by atoms with Crippen LogP contribution in [0.3, 0.4) is 0 Å². The smallest absolute Gasteiger partial charge is 0.266 e. The van der Waals surface area contributed by atoms with Crippen LogP contribution in [-0.4, -0.2) is 10.9 Å². The highest BCUT2D eigenvalue weighted by atomic mass is 79.9. The van der Waals surface area contributed by atoms with Crippen LogP contribution in [0.1, 0.15) is 15.2 Å². The van der Waals surface area contributed by atoms with Gasteiger partial charge >= 0.3 is 0 Å². The third-order valence-corrected chi connectivity index (χ3v) is 3.43. The van der Waals surface area contributed by atoms with E-state index in [4.69, 9.17) is 0 Å². The molecule has 0 saturated heterocycles. The van der Waals surface area contributed by atoms with E-state index in [1.807, 2.05) is 24.4 Å². The second-order valence-electron chi connectivity index (χ2n) is 3.27. The topological polar surface area (TPSA) is 42.0 Å². The number of hydrogen-bond acceptors (Lipinski definition) is 3. The zero-order valence-corrected chi connectivity index (χ0v) is 10.9. The number of nitrogens with zero attached hydrogens (tertiary/aromatic N) is 1. The normalized spacial score (nSPS) is 10.1. The maximum Gasteiger partial charge on any atom is 0.266 e. The molecular weight excluding hydrogens is 288 g/mol. The Balaban J connectivity index is 2.18. The summed E-state index contributed by atoms with van der Waals surface area (Å²) in [6, 6.07) is 5.54. The first kappa shape index (κ1) is 11.3. The van der Waals surface area contributed by atoms with Gasteiger partial charge < -0.3 is 5.32 Å². The summed E-state index contributed by atoms with van der Waals surface area (Å²) >= 11 is 4.77. The van der Waals surface area contributed by atoms with Crippen molar-refractivity contribution in [3.8, 4) is 0 Å². The van der Waals surface area contributed by atoms with Crippen LogP contribution in [-0.2, 0) is 0 Å². The largest absolute Gasteiger partial charge is 0.305 e. The first-order valence-corrected chi connectivity index (χ1v) is 6.31. The monoisotopic (exact) mass is 296 g/mol. The quantitative estimate of drug-likeness (QED) is 0.922. The van der Waals surface area contributed by atoms with E-state index >= 15 is 0 Å². The van der Waals surface area contributed by atoms with E-state index in [9.17, 15) is 4.79 Å². The fourth-order valence-corrected chi connectivity index (χ4v) is 2.38. The molecule has 0 unspecified atom stereocenters. The van der Waals surface area contributed by atoms with Crippen molar-refractivity contribution in [1.82, 2.24) is 4.98 Å². The Bertz CT molecular complexity index is 511. The van der Waals surface area contributed by atoms with Gasteiger partial charge in [-0.15, -0.1) is 11.3 Å². The first-order chi connectivity index (χ1) is 7.66. The number of aryl methyl sites for hydroxylation is 1. The van der Waals surface area contributed by atoms with Gasteiger partial charge in [-0.1, -0.05) is 6.07 Å². The molecule has 0 radical (unpaired) electrons. The summed E-state index contributed by atoms with van der Waals surface area (Å²) in [4.78, 5) is 16.6. The number of aromatic nitrogens is 1. The molecule has 16 heavy (non-hydrogen) atoms. The molecule has 82 valence electrons. The average Bonchev–Trinajstić information content (AvgIpc) is 2.75. The van der Waals surface area contributed by atoms with Crippen LogP contribution in [0.4, 0.5) is 5.82 Å². The second-order valence-corrected chi connectivity index (χ2v) is 5.08. The summed E-state index contributed by atoms with van der Waals surface area (Å²) in [5, 5.41) is 4.62. The van der Waals surface area contributed by atoms with Gasteiger partial charge in [0.05, 0.1) is 9.35 Å². The number of anilines is 1. The average molecular weight is 297 g/mol. The van der Waals surface area contributed by atoms with Crippen molar-refractivity contribution in [3.63, 3.8) is 0 Å². The van der Waals surface area contributed by atoms with Crippen molar-refractivity contribution >= 4 is 39.0 Å². The maximum absolute atomic E-state index is 11.8. The van der Waals surface area contributed by atoms with Gasteiger partial charge in [0, 0.05) is 6.20 Å². The van der Waals surface area contributed by atoms with Crippen LogP contribution in [0.5, 0.6) is 0 Å². The van der Waals surface area contributed by atoms with Crippen LogP contribution < -0.4 is 5.32 Å². The van der Waals surface area contributed by atoms with Crippen LogP contribution in [0.2, 0.25) is 0 Å². The molecule has 1 amide bonds. The molecule has 0 atom stereocenters. The van der Waals surface area contributed by atoms with Crippen molar-refractivity contribution in [2.24, 2.45) is 0 Å². The number of rotatable bonds is 2. The van der Waals surface area contributed by atoms with Crippen molar-refractivity contribution in [3.05, 3.63) is 44.7 Å². The molecule has 2 heterocycles. The second kappa shape index (κ2) is 4.76. The fraction of sp³-hybridized carbons (Fsp3) is 0.0909. The first-order valence-electron chi connectivity index (χ1n) is 4.64. The SMILES string of the molecule is Cc1cnc(NC(=O)c2cccs2)c(Br)c1. The minimum absolute atomic E-state index is 0.132. The molecule has 0 aliphatic heterocycles. The zero-order chi connectivity index (χ0) is 11.5. The molecule has 0 spiro atoms. The number of nitrogens with one attached hydrogen (secondary N) is 1. The highest BCUT2D eigenvalue weighted by Crippen LogP contribution is 2.21. The van der Waals surface area contributed by atoms with Gasteiger partial charge in [0.2, 0.25) is 0 Å². The van der Waals surface area contributed by atoms with Crippen molar-refractivity contribution in [2.75, 3.05) is 5.32 Å². The molecule has 0 saturated carbocycles. The Morgan fingerprint density at radius 3 is 3.00 bits per heavy atom. The Morgan fingerprint density at radius 2 is 2.38 bits per heavy atom. The van der Waals surface area contributed by atoms with Gasteiger partial charge in [0.1, 0.15) is 5.82 Å². The van der Waals surface area contributed by atoms with E-state index in [2.05, 4.69) is 26.2 Å². The zero-order valence-electron chi connectivity index (χ0n) is 8.53. The highest BCUT2D eigenvalue weighted by Gasteiger charge is 2.09. The molecule has 5 heteroatoms. The number of carbonyl (C=O) groups excluding carboxylic acids is 1. The van der Waals surface area contributed by atoms with Crippen LogP contribution in [0.15, 0.2) is 34.2 Å². The summed E-state index contributed by atoms with van der Waals surface area (Å²) in [6.07, 6.45) is 1.72. The summed E-state index contributed by atoms with van der Waals surface area (Å²) in [5.41, 5.74) is 1.04. The molecule has 0 bridgehead atoms. The lowest BCUT2D eigenvalue weighted by atomic mass is 10.3. The molecular formula is C11H9BrN2OS. The lowest BCUT2D eigenvalue weighted by Gasteiger charge is -2.05. The van der Waals surface area contributed by atoms with Crippen molar-refractivity contribution < 1.29 is 4.79 Å². The Hall–Kier alpha value is -1.20. The van der Waals surface area contributed by atoms with E-state index in [0.29, 0.717) is 10.7 Å². The highest BCUT2D eigenvalue weighted by molar-refractivity contribution is 9.10. The summed E-state index contributed by atoms with van der Waals surface area (Å²) in [7, 11) is 0. The Labute approximate surface area is 106 Å². The van der Waals surface area contributed by atoms with Gasteiger partial charge in [-0.2, -0.15) is 0 Å². The van der Waals surface area contributed by atoms with Gasteiger partial charge in [-0.05, 0) is 45.9 Å². The molecule has 1 N–H and O–H groups in total. The van der Waals surface area contributed by atoms with Crippen LogP contribution >= 0.6 is 27.3 Å².